The Morgan fingerprint density at radius 2 is 2.53 bits per heavy atom. The number of amides is 1. The molecule has 1 aromatic rings. The average Bonchev–Trinajstić information content (AvgIpc) is 2.70. The largest absolute Gasteiger partial charge is 0.347 e. The van der Waals surface area contributed by atoms with Gasteiger partial charge in [-0.15, -0.1) is 0 Å². The van der Waals surface area contributed by atoms with Crippen LogP contribution in [0.5, 0.6) is 0 Å². The molecule has 4 heteroatoms. The van der Waals surface area contributed by atoms with E-state index in [9.17, 15) is 4.79 Å². The summed E-state index contributed by atoms with van der Waals surface area (Å²) in [6.07, 6.45) is 2.66. The molecule has 0 spiro atoms. The number of aryl methyl sites for hydroxylation is 1. The van der Waals surface area contributed by atoms with E-state index in [0.717, 1.165) is 25.1 Å². The molecule has 0 aliphatic carbocycles. The zero-order valence-electron chi connectivity index (χ0n) is 8.79. The van der Waals surface area contributed by atoms with Gasteiger partial charge in [-0.05, 0) is 37.6 Å². The molecule has 2 N–H and O–H groups in total. The lowest BCUT2D eigenvalue weighted by Crippen LogP contribution is -2.36. The number of carbonyl (C=O) groups excluding carboxylic acids is 1. The number of pyridine rings is 1. The lowest BCUT2D eigenvalue weighted by molar-refractivity contribution is 0.0935. The SMILES string of the molecule is Cc1ccnc(C(=O)NC2CCNC2)c1. The van der Waals surface area contributed by atoms with Crippen molar-refractivity contribution in [3.63, 3.8) is 0 Å². The van der Waals surface area contributed by atoms with E-state index in [1.165, 1.54) is 0 Å². The number of hydrogen-bond donors (Lipinski definition) is 2. The molecule has 0 radical (unpaired) electrons. The molecule has 1 amide bonds. The van der Waals surface area contributed by atoms with E-state index in [1.54, 1.807) is 12.3 Å². The van der Waals surface area contributed by atoms with Gasteiger partial charge in [0.25, 0.3) is 5.91 Å². The third kappa shape index (κ3) is 2.53. The summed E-state index contributed by atoms with van der Waals surface area (Å²) in [4.78, 5) is 15.8. The smallest absolute Gasteiger partial charge is 0.270 e. The predicted octanol–water partition coefficient (Wildman–Crippen LogP) is 0.482. The standard InChI is InChI=1S/C11H15N3O/c1-8-2-5-13-10(6-8)11(15)14-9-3-4-12-7-9/h2,5-6,9,12H,3-4,7H2,1H3,(H,14,15). The van der Waals surface area contributed by atoms with Gasteiger partial charge in [0.15, 0.2) is 0 Å². The van der Waals surface area contributed by atoms with Crippen molar-refractivity contribution in [1.82, 2.24) is 15.6 Å². The van der Waals surface area contributed by atoms with Crippen LogP contribution in [0.3, 0.4) is 0 Å². The molecule has 1 aliphatic rings. The molecule has 1 fully saturated rings. The second-order valence-electron chi connectivity index (χ2n) is 3.88. The maximum absolute atomic E-state index is 11.8. The van der Waals surface area contributed by atoms with E-state index in [1.807, 2.05) is 13.0 Å². The topological polar surface area (TPSA) is 54.0 Å². The highest BCUT2D eigenvalue weighted by molar-refractivity contribution is 5.92. The Kier molecular flexibility index (Phi) is 2.97. The summed E-state index contributed by atoms with van der Waals surface area (Å²) in [6.45, 7) is 3.79. The van der Waals surface area contributed by atoms with E-state index in [-0.39, 0.29) is 11.9 Å². The van der Waals surface area contributed by atoms with Crippen LogP contribution in [0, 0.1) is 6.92 Å². The quantitative estimate of drug-likeness (QED) is 0.738. The fraction of sp³-hybridized carbons (Fsp3) is 0.455. The summed E-state index contributed by atoms with van der Waals surface area (Å²) in [7, 11) is 0. The Bertz CT molecular complexity index is 359. The Balaban J connectivity index is 2.01. The molecule has 2 heterocycles. The molecule has 1 aromatic heterocycles. The van der Waals surface area contributed by atoms with E-state index in [0.29, 0.717) is 5.69 Å². The fourth-order valence-electron chi connectivity index (χ4n) is 1.70. The molecule has 4 nitrogen and oxygen atoms in total. The fourth-order valence-corrected chi connectivity index (χ4v) is 1.70. The third-order valence-corrected chi connectivity index (χ3v) is 2.54. The molecule has 1 unspecified atom stereocenters. The van der Waals surface area contributed by atoms with Gasteiger partial charge in [-0.25, -0.2) is 0 Å². The zero-order valence-corrected chi connectivity index (χ0v) is 8.79. The minimum atomic E-state index is -0.0765. The van der Waals surface area contributed by atoms with E-state index >= 15 is 0 Å². The van der Waals surface area contributed by atoms with Gasteiger partial charge in [0.2, 0.25) is 0 Å². The van der Waals surface area contributed by atoms with Gasteiger partial charge >= 0.3 is 0 Å². The minimum absolute atomic E-state index is 0.0765. The Morgan fingerprint density at radius 3 is 3.20 bits per heavy atom. The van der Waals surface area contributed by atoms with E-state index < -0.39 is 0 Å². The monoisotopic (exact) mass is 205 g/mol. The summed E-state index contributed by atoms with van der Waals surface area (Å²) in [5.74, 6) is -0.0765. The number of nitrogens with one attached hydrogen (secondary N) is 2. The first kappa shape index (κ1) is 10.1. The van der Waals surface area contributed by atoms with Crippen LogP contribution in [0.25, 0.3) is 0 Å². The van der Waals surface area contributed by atoms with Crippen molar-refractivity contribution in [2.75, 3.05) is 13.1 Å². The Hall–Kier alpha value is -1.42. The van der Waals surface area contributed by atoms with E-state index in [2.05, 4.69) is 15.6 Å². The highest BCUT2D eigenvalue weighted by Gasteiger charge is 2.17. The van der Waals surface area contributed by atoms with Crippen LogP contribution in [0.1, 0.15) is 22.5 Å². The number of rotatable bonds is 2. The first-order valence-electron chi connectivity index (χ1n) is 5.20. The summed E-state index contributed by atoms with van der Waals surface area (Å²) < 4.78 is 0. The summed E-state index contributed by atoms with van der Waals surface area (Å²) in [5, 5.41) is 6.16. The lowest BCUT2D eigenvalue weighted by Gasteiger charge is -2.10. The molecular formula is C11H15N3O. The maximum Gasteiger partial charge on any atom is 0.270 e. The normalized spacial score (nSPS) is 20.2. The number of aromatic nitrogens is 1. The number of hydrogen-bond acceptors (Lipinski definition) is 3. The first-order valence-corrected chi connectivity index (χ1v) is 5.20. The van der Waals surface area contributed by atoms with Crippen molar-refractivity contribution >= 4 is 5.91 Å². The van der Waals surface area contributed by atoms with Gasteiger partial charge < -0.3 is 10.6 Å². The Labute approximate surface area is 89.1 Å². The summed E-state index contributed by atoms with van der Waals surface area (Å²) >= 11 is 0. The van der Waals surface area contributed by atoms with Crippen LogP contribution in [-0.4, -0.2) is 30.0 Å². The predicted molar refractivity (Wildman–Crippen MR) is 57.7 cm³/mol. The van der Waals surface area contributed by atoms with Crippen LogP contribution in [0.15, 0.2) is 18.3 Å². The molecule has 1 saturated heterocycles. The summed E-state index contributed by atoms with van der Waals surface area (Å²) in [5.41, 5.74) is 1.56. The minimum Gasteiger partial charge on any atom is -0.347 e. The van der Waals surface area contributed by atoms with Gasteiger partial charge in [-0.2, -0.15) is 0 Å². The molecule has 0 aromatic carbocycles. The van der Waals surface area contributed by atoms with Crippen LogP contribution in [0.4, 0.5) is 0 Å². The van der Waals surface area contributed by atoms with Crippen molar-refractivity contribution in [2.45, 2.75) is 19.4 Å². The first-order chi connectivity index (χ1) is 7.25. The van der Waals surface area contributed by atoms with Crippen LogP contribution in [0.2, 0.25) is 0 Å². The van der Waals surface area contributed by atoms with Crippen molar-refractivity contribution in [3.8, 4) is 0 Å². The number of nitrogens with zero attached hydrogens (tertiary/aromatic N) is 1. The van der Waals surface area contributed by atoms with Gasteiger partial charge in [-0.1, -0.05) is 0 Å². The molecule has 0 bridgehead atoms. The maximum atomic E-state index is 11.8. The Morgan fingerprint density at radius 1 is 1.67 bits per heavy atom. The summed E-state index contributed by atoms with van der Waals surface area (Å²) in [6, 6.07) is 3.94. The second-order valence-corrected chi connectivity index (χ2v) is 3.88. The molecular weight excluding hydrogens is 190 g/mol. The third-order valence-electron chi connectivity index (χ3n) is 2.54. The molecule has 15 heavy (non-hydrogen) atoms. The molecule has 1 aliphatic heterocycles. The second kappa shape index (κ2) is 4.40. The molecule has 2 rings (SSSR count). The van der Waals surface area contributed by atoms with Crippen molar-refractivity contribution in [2.24, 2.45) is 0 Å². The number of carbonyl (C=O) groups is 1. The average molecular weight is 205 g/mol. The van der Waals surface area contributed by atoms with Crippen LogP contribution < -0.4 is 10.6 Å². The van der Waals surface area contributed by atoms with Gasteiger partial charge in [0, 0.05) is 18.8 Å². The van der Waals surface area contributed by atoms with Gasteiger partial charge in [0.1, 0.15) is 5.69 Å². The van der Waals surface area contributed by atoms with E-state index in [4.69, 9.17) is 0 Å². The molecule has 0 saturated carbocycles. The van der Waals surface area contributed by atoms with Gasteiger partial charge in [0.05, 0.1) is 0 Å². The molecule has 1 atom stereocenters. The molecule has 80 valence electrons. The van der Waals surface area contributed by atoms with Crippen molar-refractivity contribution in [3.05, 3.63) is 29.6 Å². The highest BCUT2D eigenvalue weighted by Crippen LogP contribution is 2.02. The van der Waals surface area contributed by atoms with Crippen molar-refractivity contribution in [1.29, 1.82) is 0 Å². The zero-order chi connectivity index (χ0) is 10.7. The van der Waals surface area contributed by atoms with Crippen LogP contribution >= 0.6 is 0 Å². The lowest BCUT2D eigenvalue weighted by atomic mass is 10.2. The highest BCUT2D eigenvalue weighted by atomic mass is 16.1. The van der Waals surface area contributed by atoms with Gasteiger partial charge in [-0.3, -0.25) is 9.78 Å². The van der Waals surface area contributed by atoms with Crippen LogP contribution in [-0.2, 0) is 0 Å². The van der Waals surface area contributed by atoms with Crippen molar-refractivity contribution < 1.29 is 4.79 Å².